The van der Waals surface area contributed by atoms with Crippen LogP contribution in [0.2, 0.25) is 0 Å². The first-order chi connectivity index (χ1) is 9.17. The summed E-state index contributed by atoms with van der Waals surface area (Å²) >= 11 is 1.62. The molecule has 0 atom stereocenters. The Morgan fingerprint density at radius 1 is 1.30 bits per heavy atom. The molecule has 5 nitrogen and oxygen atoms in total. The van der Waals surface area contributed by atoms with E-state index in [2.05, 4.69) is 10.6 Å². The van der Waals surface area contributed by atoms with Gasteiger partial charge in [0, 0.05) is 6.54 Å². The van der Waals surface area contributed by atoms with E-state index in [9.17, 15) is 14.7 Å². The maximum absolute atomic E-state index is 11.8. The van der Waals surface area contributed by atoms with Crippen LogP contribution >= 0.6 is 11.3 Å². The summed E-state index contributed by atoms with van der Waals surface area (Å²) in [6.45, 7) is 7.13. The summed E-state index contributed by atoms with van der Waals surface area (Å²) in [5.74, 6) is -0.943. The summed E-state index contributed by atoms with van der Waals surface area (Å²) in [6, 6.07) is 1.67. The Balaban J connectivity index is 2.47. The number of carboxylic acid groups (broad SMARTS) is 1. The molecule has 1 heterocycles. The Morgan fingerprint density at radius 2 is 1.95 bits per heavy atom. The highest BCUT2D eigenvalue weighted by atomic mass is 32.1. The molecule has 0 fully saturated rings. The second kappa shape index (κ2) is 6.26. The van der Waals surface area contributed by atoms with Crippen LogP contribution in [-0.4, -0.2) is 29.2 Å². The van der Waals surface area contributed by atoms with Gasteiger partial charge in [-0.25, -0.2) is 4.79 Å². The first kappa shape index (κ1) is 16.5. The van der Waals surface area contributed by atoms with E-state index in [-0.39, 0.29) is 6.03 Å². The Hall–Kier alpha value is -1.56. The van der Waals surface area contributed by atoms with Crippen molar-refractivity contribution in [2.45, 2.75) is 39.7 Å². The Morgan fingerprint density at radius 3 is 2.45 bits per heavy atom. The van der Waals surface area contributed by atoms with Crippen molar-refractivity contribution in [3.63, 3.8) is 0 Å². The van der Waals surface area contributed by atoms with Gasteiger partial charge in [-0.3, -0.25) is 4.79 Å². The molecule has 0 aliphatic heterocycles. The van der Waals surface area contributed by atoms with E-state index >= 15 is 0 Å². The fourth-order valence-corrected chi connectivity index (χ4v) is 2.21. The molecule has 0 aliphatic rings. The molecule has 0 unspecified atom stereocenters. The zero-order valence-electron chi connectivity index (χ0n) is 12.3. The van der Waals surface area contributed by atoms with Crippen molar-refractivity contribution in [2.75, 3.05) is 6.54 Å². The van der Waals surface area contributed by atoms with Gasteiger partial charge >= 0.3 is 12.0 Å². The molecular formula is C14H22N2O3S. The van der Waals surface area contributed by atoms with Crippen LogP contribution < -0.4 is 10.6 Å². The standard InChI is InChI=1S/C14H22N2O3S/c1-13(2,11(17)18)14(3,4)16-12(19)15-7-5-10-6-8-20-9-10/h6,8-9H,5,7H2,1-4H3,(H,17,18)(H2,15,16,19). The maximum atomic E-state index is 11.8. The van der Waals surface area contributed by atoms with E-state index in [4.69, 9.17) is 0 Å². The number of carbonyl (C=O) groups is 2. The van der Waals surface area contributed by atoms with Crippen LogP contribution in [0.25, 0.3) is 0 Å². The number of hydrogen-bond acceptors (Lipinski definition) is 3. The summed E-state index contributed by atoms with van der Waals surface area (Å²) in [5.41, 5.74) is -0.733. The molecule has 1 rings (SSSR count). The van der Waals surface area contributed by atoms with Gasteiger partial charge in [0.05, 0.1) is 11.0 Å². The normalized spacial score (nSPS) is 12.0. The van der Waals surface area contributed by atoms with Crippen LogP contribution in [0.3, 0.4) is 0 Å². The van der Waals surface area contributed by atoms with Gasteiger partial charge in [0.25, 0.3) is 0 Å². The van der Waals surface area contributed by atoms with Crippen molar-refractivity contribution < 1.29 is 14.7 Å². The third-order valence-corrected chi connectivity index (χ3v) is 4.53. The topological polar surface area (TPSA) is 78.4 Å². The van der Waals surface area contributed by atoms with Gasteiger partial charge in [0.2, 0.25) is 0 Å². The minimum Gasteiger partial charge on any atom is -0.481 e. The SMILES string of the molecule is CC(C)(NC(=O)NCCc1ccsc1)C(C)(C)C(=O)O. The van der Waals surface area contributed by atoms with E-state index in [0.717, 1.165) is 6.42 Å². The van der Waals surface area contributed by atoms with Crippen molar-refractivity contribution in [2.24, 2.45) is 5.41 Å². The molecular weight excluding hydrogens is 276 g/mol. The number of urea groups is 1. The zero-order chi connectivity index (χ0) is 15.4. The number of amides is 2. The molecule has 20 heavy (non-hydrogen) atoms. The van der Waals surface area contributed by atoms with E-state index < -0.39 is 16.9 Å². The summed E-state index contributed by atoms with van der Waals surface area (Å²) in [4.78, 5) is 23.1. The highest BCUT2D eigenvalue weighted by Crippen LogP contribution is 2.30. The molecule has 3 N–H and O–H groups in total. The minimum atomic E-state index is -1.06. The number of aliphatic carboxylic acids is 1. The molecule has 0 bridgehead atoms. The van der Waals surface area contributed by atoms with Crippen LogP contribution in [0, 0.1) is 5.41 Å². The summed E-state index contributed by atoms with van der Waals surface area (Å²) in [5, 5.41) is 18.7. The molecule has 1 aromatic heterocycles. The Kier molecular flexibility index (Phi) is 5.16. The minimum absolute atomic E-state index is 0.348. The van der Waals surface area contributed by atoms with Gasteiger partial charge in [0.15, 0.2) is 0 Å². The Bertz CT molecular complexity index is 467. The number of hydrogen-bond donors (Lipinski definition) is 3. The molecule has 0 saturated carbocycles. The highest BCUT2D eigenvalue weighted by Gasteiger charge is 2.44. The molecule has 112 valence electrons. The third-order valence-electron chi connectivity index (χ3n) is 3.80. The lowest BCUT2D eigenvalue weighted by Gasteiger charge is -2.38. The quantitative estimate of drug-likeness (QED) is 0.755. The molecule has 2 amide bonds. The summed E-state index contributed by atoms with van der Waals surface area (Å²) < 4.78 is 0. The number of carbonyl (C=O) groups excluding carboxylic acids is 1. The van der Waals surface area contributed by atoms with Crippen molar-refractivity contribution in [1.82, 2.24) is 10.6 Å². The largest absolute Gasteiger partial charge is 0.481 e. The molecule has 1 aromatic rings. The first-order valence-corrected chi connectivity index (χ1v) is 7.41. The van der Waals surface area contributed by atoms with Crippen LogP contribution in [0.1, 0.15) is 33.3 Å². The van der Waals surface area contributed by atoms with Crippen LogP contribution in [0.5, 0.6) is 0 Å². The maximum Gasteiger partial charge on any atom is 0.315 e. The van der Waals surface area contributed by atoms with E-state index in [1.807, 2.05) is 16.8 Å². The first-order valence-electron chi connectivity index (χ1n) is 6.47. The molecule has 6 heteroatoms. The lowest BCUT2D eigenvalue weighted by molar-refractivity contribution is -0.150. The van der Waals surface area contributed by atoms with Gasteiger partial charge < -0.3 is 15.7 Å². The van der Waals surface area contributed by atoms with Gasteiger partial charge in [-0.2, -0.15) is 11.3 Å². The van der Waals surface area contributed by atoms with E-state index in [1.165, 1.54) is 5.56 Å². The fraction of sp³-hybridized carbons (Fsp3) is 0.571. The molecule has 0 radical (unpaired) electrons. The van der Waals surface area contributed by atoms with Gasteiger partial charge in [-0.05, 0) is 56.5 Å². The zero-order valence-corrected chi connectivity index (χ0v) is 13.1. The predicted molar refractivity (Wildman–Crippen MR) is 80.1 cm³/mol. The molecule has 0 spiro atoms. The number of nitrogens with one attached hydrogen (secondary N) is 2. The number of rotatable bonds is 6. The van der Waals surface area contributed by atoms with Gasteiger partial charge in [0.1, 0.15) is 0 Å². The van der Waals surface area contributed by atoms with E-state index in [0.29, 0.717) is 6.54 Å². The smallest absolute Gasteiger partial charge is 0.315 e. The van der Waals surface area contributed by atoms with Gasteiger partial charge in [-0.1, -0.05) is 0 Å². The van der Waals surface area contributed by atoms with Crippen molar-refractivity contribution in [1.29, 1.82) is 0 Å². The van der Waals surface area contributed by atoms with Crippen LogP contribution in [0.15, 0.2) is 16.8 Å². The lowest BCUT2D eigenvalue weighted by atomic mass is 9.74. The average molecular weight is 298 g/mol. The van der Waals surface area contributed by atoms with Crippen molar-refractivity contribution >= 4 is 23.3 Å². The van der Waals surface area contributed by atoms with Crippen molar-refractivity contribution in [3.8, 4) is 0 Å². The van der Waals surface area contributed by atoms with Gasteiger partial charge in [-0.15, -0.1) is 0 Å². The second-order valence-corrected chi connectivity index (χ2v) is 6.60. The summed E-state index contributed by atoms with van der Waals surface area (Å²) in [6.07, 6.45) is 0.764. The van der Waals surface area contributed by atoms with Crippen LogP contribution in [-0.2, 0) is 11.2 Å². The molecule has 0 saturated heterocycles. The summed E-state index contributed by atoms with van der Waals surface area (Å²) in [7, 11) is 0. The van der Waals surface area contributed by atoms with Crippen molar-refractivity contribution in [3.05, 3.63) is 22.4 Å². The molecule has 0 aromatic carbocycles. The monoisotopic (exact) mass is 298 g/mol. The van der Waals surface area contributed by atoms with E-state index in [1.54, 1.807) is 39.0 Å². The second-order valence-electron chi connectivity index (χ2n) is 5.82. The number of carboxylic acids is 1. The third kappa shape index (κ3) is 3.96. The lowest BCUT2D eigenvalue weighted by Crippen LogP contribution is -2.59. The highest BCUT2D eigenvalue weighted by molar-refractivity contribution is 7.07. The number of thiophene rings is 1. The predicted octanol–water partition coefficient (Wildman–Crippen LogP) is 2.48. The fourth-order valence-electron chi connectivity index (χ4n) is 1.51. The Labute approximate surface area is 123 Å². The average Bonchev–Trinajstić information content (AvgIpc) is 2.80. The molecule has 0 aliphatic carbocycles. The van der Waals surface area contributed by atoms with Crippen LogP contribution in [0.4, 0.5) is 4.79 Å².